The molecule has 0 bridgehead atoms. The first-order valence-electron chi connectivity index (χ1n) is 18.2. The number of piperidine rings is 2. The molecule has 12 heteroatoms. The molecule has 3 N–H and O–H groups in total. The molecule has 2 aromatic heterocycles. The van der Waals surface area contributed by atoms with E-state index in [1.807, 2.05) is 67.0 Å². The number of nitrogens with one attached hydrogen (secondary N) is 3. The van der Waals surface area contributed by atoms with E-state index in [0.29, 0.717) is 45.7 Å². The van der Waals surface area contributed by atoms with Gasteiger partial charge in [-0.15, -0.1) is 0 Å². The van der Waals surface area contributed by atoms with E-state index in [0.717, 1.165) is 90.8 Å². The fraction of sp³-hybridized carbons (Fsp3) is 0.375. The van der Waals surface area contributed by atoms with Crippen LogP contribution < -0.4 is 10.6 Å². The van der Waals surface area contributed by atoms with E-state index in [1.54, 1.807) is 6.07 Å². The highest BCUT2D eigenvalue weighted by Gasteiger charge is 2.38. The second-order valence-electron chi connectivity index (χ2n) is 14.2. The van der Waals surface area contributed by atoms with Crippen molar-refractivity contribution in [2.45, 2.75) is 63.2 Å². The summed E-state index contributed by atoms with van der Waals surface area (Å²) in [5, 5.41) is 9.49. The van der Waals surface area contributed by atoms with Crippen LogP contribution in [0.4, 0.5) is 0 Å². The summed E-state index contributed by atoms with van der Waals surface area (Å²) in [7, 11) is 0. The Morgan fingerprint density at radius 1 is 0.942 bits per heavy atom. The van der Waals surface area contributed by atoms with Crippen LogP contribution in [0, 0.1) is 0 Å². The Balaban J connectivity index is 1.14. The van der Waals surface area contributed by atoms with Crippen molar-refractivity contribution in [2.24, 2.45) is 0 Å². The highest BCUT2D eigenvalue weighted by molar-refractivity contribution is 6.35. The third kappa shape index (κ3) is 6.74. The summed E-state index contributed by atoms with van der Waals surface area (Å²) in [6.45, 7) is 6.20. The van der Waals surface area contributed by atoms with E-state index in [1.165, 1.54) is 0 Å². The van der Waals surface area contributed by atoms with Crippen LogP contribution in [0.1, 0.15) is 61.1 Å². The van der Waals surface area contributed by atoms with Crippen molar-refractivity contribution >= 4 is 57.5 Å². The van der Waals surface area contributed by atoms with Crippen molar-refractivity contribution in [3.8, 4) is 22.5 Å². The number of fused-ring (bicyclic) bond motifs is 1. The van der Waals surface area contributed by atoms with Gasteiger partial charge in [0, 0.05) is 88.3 Å². The Bertz CT molecular complexity index is 2110. The van der Waals surface area contributed by atoms with E-state index in [-0.39, 0.29) is 24.0 Å². The SMILES string of the molecule is CC(c1ccc(Cl)cc1Cl)n1cnc(-c2ccccc2)c1-c1c(C(=O)N[C@H]2CNCC2N2CCC(N3CCCCC3=O)CC2)[nH]c2cc(Cl)ccc12. The lowest BCUT2D eigenvalue weighted by Crippen LogP contribution is -2.56. The molecule has 3 aromatic carbocycles. The molecule has 3 aliphatic heterocycles. The van der Waals surface area contributed by atoms with E-state index < -0.39 is 0 Å². The molecule has 3 aliphatic rings. The number of rotatable bonds is 8. The summed E-state index contributed by atoms with van der Waals surface area (Å²) in [5.41, 5.74) is 5.29. The molecule has 52 heavy (non-hydrogen) atoms. The maximum Gasteiger partial charge on any atom is 0.268 e. The minimum atomic E-state index is -0.246. The summed E-state index contributed by atoms with van der Waals surface area (Å²) in [6, 6.07) is 21.3. The molecular weight excluding hydrogens is 717 g/mol. The number of carbonyl (C=O) groups is 2. The van der Waals surface area contributed by atoms with Gasteiger partial charge >= 0.3 is 0 Å². The standard InChI is InChI=1S/C40H42Cl3N7O2/c1-24(29-12-10-26(41)19-31(29)43)50-23-45-37(25-7-3-2-4-8-25)39(50)36-30-13-11-27(42)20-32(30)46-38(36)40(52)47-33-21-44-22-34(33)48-17-14-28(15-18-48)49-16-6-5-9-35(49)51/h2-4,7-8,10-13,19-20,23-24,28,33-34,44,46H,5-6,9,14-18,21-22H2,1H3,(H,47,52)/t24?,33-,34?/m0/s1. The number of H-pyrrole nitrogens is 1. The maximum atomic E-state index is 14.7. The molecule has 0 aliphatic carbocycles. The third-order valence-corrected chi connectivity index (χ3v) is 12.0. The summed E-state index contributed by atoms with van der Waals surface area (Å²) in [6.07, 6.45) is 6.50. The number of imidazole rings is 1. The van der Waals surface area contributed by atoms with Gasteiger partial charge in [0.25, 0.3) is 5.91 Å². The van der Waals surface area contributed by atoms with Gasteiger partial charge in [-0.2, -0.15) is 0 Å². The number of nitrogens with zero attached hydrogens (tertiary/aromatic N) is 4. The van der Waals surface area contributed by atoms with Gasteiger partial charge in [-0.25, -0.2) is 4.98 Å². The molecule has 8 rings (SSSR count). The Hall–Kier alpha value is -3.86. The fourth-order valence-electron chi connectivity index (χ4n) is 8.46. The van der Waals surface area contributed by atoms with Crippen LogP contribution in [0.5, 0.6) is 0 Å². The van der Waals surface area contributed by atoms with E-state index in [2.05, 4.69) is 36.9 Å². The predicted molar refractivity (Wildman–Crippen MR) is 208 cm³/mol. The first kappa shape index (κ1) is 35.2. The highest BCUT2D eigenvalue weighted by Crippen LogP contribution is 2.42. The van der Waals surface area contributed by atoms with Gasteiger partial charge in [0.1, 0.15) is 5.69 Å². The van der Waals surface area contributed by atoms with Gasteiger partial charge in [-0.1, -0.05) is 77.3 Å². The fourth-order valence-corrected chi connectivity index (χ4v) is 9.20. The van der Waals surface area contributed by atoms with E-state index >= 15 is 0 Å². The van der Waals surface area contributed by atoms with Crippen LogP contribution in [0.3, 0.4) is 0 Å². The number of halogens is 3. The van der Waals surface area contributed by atoms with Crippen molar-refractivity contribution in [1.82, 2.24) is 35.0 Å². The van der Waals surface area contributed by atoms with Crippen molar-refractivity contribution in [1.29, 1.82) is 0 Å². The number of aromatic nitrogens is 3. The Labute approximate surface area is 318 Å². The van der Waals surface area contributed by atoms with Gasteiger partial charge in [0.2, 0.25) is 5.91 Å². The molecule has 3 saturated heterocycles. The van der Waals surface area contributed by atoms with E-state index in [4.69, 9.17) is 39.8 Å². The number of aromatic amines is 1. The Morgan fingerprint density at radius 3 is 2.48 bits per heavy atom. The minimum Gasteiger partial charge on any atom is -0.350 e. The maximum absolute atomic E-state index is 14.7. The second kappa shape index (κ2) is 14.9. The van der Waals surface area contributed by atoms with Crippen LogP contribution >= 0.6 is 34.8 Å². The summed E-state index contributed by atoms with van der Waals surface area (Å²) >= 11 is 19.6. The first-order chi connectivity index (χ1) is 25.3. The van der Waals surface area contributed by atoms with Crippen molar-refractivity contribution < 1.29 is 9.59 Å². The lowest BCUT2D eigenvalue weighted by molar-refractivity contribution is -0.137. The van der Waals surface area contributed by atoms with Crippen LogP contribution in [0.25, 0.3) is 33.4 Å². The zero-order valence-electron chi connectivity index (χ0n) is 29.0. The summed E-state index contributed by atoms with van der Waals surface area (Å²) in [5.74, 6) is 0.106. The molecule has 0 radical (unpaired) electrons. The predicted octanol–water partition coefficient (Wildman–Crippen LogP) is 7.82. The molecule has 3 fully saturated rings. The Morgan fingerprint density at radius 2 is 1.71 bits per heavy atom. The van der Waals surface area contributed by atoms with Crippen LogP contribution in [-0.2, 0) is 4.79 Å². The summed E-state index contributed by atoms with van der Waals surface area (Å²) in [4.78, 5) is 40.3. The molecular formula is C40H42Cl3N7O2. The molecule has 0 saturated carbocycles. The molecule has 5 heterocycles. The lowest BCUT2D eigenvalue weighted by Gasteiger charge is -2.43. The number of benzene rings is 3. The van der Waals surface area contributed by atoms with Crippen molar-refractivity contribution in [2.75, 3.05) is 32.7 Å². The molecule has 2 unspecified atom stereocenters. The number of hydrogen-bond acceptors (Lipinski definition) is 5. The number of hydrogen-bond donors (Lipinski definition) is 3. The molecule has 0 spiro atoms. The van der Waals surface area contributed by atoms with Crippen LogP contribution in [-0.4, -0.2) is 87.0 Å². The minimum absolute atomic E-state index is 0.103. The van der Waals surface area contributed by atoms with Crippen LogP contribution in [0.15, 0.2) is 73.1 Å². The smallest absolute Gasteiger partial charge is 0.268 e. The average Bonchev–Trinajstić information content (AvgIpc) is 3.89. The molecule has 270 valence electrons. The highest BCUT2D eigenvalue weighted by atomic mass is 35.5. The van der Waals surface area contributed by atoms with Gasteiger partial charge in [0.15, 0.2) is 0 Å². The van der Waals surface area contributed by atoms with Gasteiger partial charge < -0.3 is 25.1 Å². The molecule has 9 nitrogen and oxygen atoms in total. The molecule has 3 atom stereocenters. The normalized spacial score (nSPS) is 20.8. The molecule has 2 amide bonds. The third-order valence-electron chi connectivity index (χ3n) is 11.2. The second-order valence-corrected chi connectivity index (χ2v) is 15.5. The van der Waals surface area contributed by atoms with Crippen LogP contribution in [0.2, 0.25) is 15.1 Å². The van der Waals surface area contributed by atoms with Crippen molar-refractivity contribution in [3.05, 3.63) is 99.4 Å². The number of carbonyl (C=O) groups excluding carboxylic acids is 2. The Kier molecular flexibility index (Phi) is 10.1. The number of likely N-dealkylation sites (tertiary alicyclic amines) is 2. The zero-order valence-corrected chi connectivity index (χ0v) is 31.3. The number of amides is 2. The monoisotopic (exact) mass is 757 g/mol. The van der Waals surface area contributed by atoms with E-state index in [9.17, 15) is 9.59 Å². The average molecular weight is 759 g/mol. The largest absolute Gasteiger partial charge is 0.350 e. The lowest BCUT2D eigenvalue weighted by atomic mass is 9.97. The summed E-state index contributed by atoms with van der Waals surface area (Å²) < 4.78 is 2.09. The topological polar surface area (TPSA) is 98.3 Å². The first-order valence-corrected chi connectivity index (χ1v) is 19.3. The quantitative estimate of drug-likeness (QED) is 0.150. The molecule has 5 aromatic rings. The van der Waals surface area contributed by atoms with Gasteiger partial charge in [0.05, 0.1) is 29.8 Å². The van der Waals surface area contributed by atoms with Gasteiger partial charge in [-0.05, 0) is 62.4 Å². The zero-order chi connectivity index (χ0) is 35.9. The van der Waals surface area contributed by atoms with Gasteiger partial charge in [-0.3, -0.25) is 14.5 Å². The van der Waals surface area contributed by atoms with Crippen molar-refractivity contribution in [3.63, 3.8) is 0 Å².